The number of hydrogen-bond donors (Lipinski definition) is 2. The van der Waals surface area contributed by atoms with Crippen LogP contribution in [-0.4, -0.2) is 41.1 Å². The minimum absolute atomic E-state index is 0.181. The van der Waals surface area contributed by atoms with Crippen LogP contribution in [0.5, 0.6) is 5.88 Å². The number of nitrogens with zero attached hydrogens (tertiary/aromatic N) is 1. The van der Waals surface area contributed by atoms with Gasteiger partial charge in [0.1, 0.15) is 6.10 Å². The quantitative estimate of drug-likeness (QED) is 0.807. The van der Waals surface area contributed by atoms with E-state index in [1.54, 1.807) is 7.11 Å². The van der Waals surface area contributed by atoms with E-state index in [9.17, 15) is 5.11 Å². The lowest BCUT2D eigenvalue weighted by atomic mass is 10.1. The molecule has 17 heavy (non-hydrogen) atoms. The second-order valence-corrected chi connectivity index (χ2v) is 4.20. The van der Waals surface area contributed by atoms with Crippen LogP contribution in [0.15, 0.2) is 12.1 Å². The van der Waals surface area contributed by atoms with Gasteiger partial charge in [-0.1, -0.05) is 0 Å². The Morgan fingerprint density at radius 1 is 1.53 bits per heavy atom. The first-order valence-corrected chi connectivity index (χ1v) is 5.61. The first-order chi connectivity index (χ1) is 8.15. The highest BCUT2D eigenvalue weighted by Gasteiger charge is 2.35. The van der Waals surface area contributed by atoms with Crippen molar-refractivity contribution in [1.82, 2.24) is 4.98 Å². The number of ether oxygens (including phenoxy) is 2. The zero-order valence-electron chi connectivity index (χ0n) is 9.96. The van der Waals surface area contributed by atoms with Gasteiger partial charge in [-0.3, -0.25) is 0 Å². The maximum Gasteiger partial charge on any atom is 0.219 e. The standard InChI is InChI=1S/C12H17NO4/c1-7-3-4-8(12(13-7)16-2)10-5-9(15)11(6-14)17-10/h3-4,9-11,14-15H,5-6H2,1-2H3/t9-,10+,11+/m0/s1. The Balaban J connectivity index is 2.23. The molecule has 0 bridgehead atoms. The van der Waals surface area contributed by atoms with E-state index >= 15 is 0 Å². The maximum absolute atomic E-state index is 9.69. The van der Waals surface area contributed by atoms with Crippen molar-refractivity contribution < 1.29 is 19.7 Å². The molecule has 2 heterocycles. The lowest BCUT2D eigenvalue weighted by Crippen LogP contribution is -2.24. The maximum atomic E-state index is 9.69. The monoisotopic (exact) mass is 239 g/mol. The molecule has 1 aliphatic rings. The molecule has 0 unspecified atom stereocenters. The van der Waals surface area contributed by atoms with Crippen LogP contribution in [0, 0.1) is 6.92 Å². The van der Waals surface area contributed by atoms with Crippen LogP contribution < -0.4 is 4.74 Å². The Labute approximate surface area is 100 Å². The third-order valence-corrected chi connectivity index (χ3v) is 2.97. The number of aliphatic hydroxyl groups is 2. The third-order valence-electron chi connectivity index (χ3n) is 2.97. The lowest BCUT2D eigenvalue weighted by molar-refractivity contribution is -0.0231. The van der Waals surface area contributed by atoms with Crippen molar-refractivity contribution in [3.63, 3.8) is 0 Å². The number of hydrogen-bond acceptors (Lipinski definition) is 5. The average molecular weight is 239 g/mol. The summed E-state index contributed by atoms with van der Waals surface area (Å²) in [6.07, 6.45) is -0.987. The van der Waals surface area contributed by atoms with E-state index in [1.165, 1.54) is 0 Å². The Bertz CT molecular complexity index is 396. The van der Waals surface area contributed by atoms with Crippen molar-refractivity contribution in [2.45, 2.75) is 31.7 Å². The number of aromatic nitrogens is 1. The van der Waals surface area contributed by atoms with Crippen LogP contribution in [-0.2, 0) is 4.74 Å². The second-order valence-electron chi connectivity index (χ2n) is 4.20. The van der Waals surface area contributed by atoms with Crippen LogP contribution in [0.2, 0.25) is 0 Å². The van der Waals surface area contributed by atoms with Crippen LogP contribution >= 0.6 is 0 Å². The molecule has 0 aromatic carbocycles. The van der Waals surface area contributed by atoms with E-state index in [2.05, 4.69) is 4.98 Å². The fourth-order valence-electron chi connectivity index (χ4n) is 2.05. The lowest BCUT2D eigenvalue weighted by Gasteiger charge is -2.15. The van der Waals surface area contributed by atoms with E-state index < -0.39 is 12.2 Å². The second kappa shape index (κ2) is 5.00. The van der Waals surface area contributed by atoms with Gasteiger partial charge in [0.15, 0.2) is 0 Å². The van der Waals surface area contributed by atoms with Gasteiger partial charge in [-0.15, -0.1) is 0 Å². The molecule has 94 valence electrons. The highest BCUT2D eigenvalue weighted by molar-refractivity contribution is 5.31. The summed E-state index contributed by atoms with van der Waals surface area (Å²) in [6.45, 7) is 1.70. The highest BCUT2D eigenvalue weighted by atomic mass is 16.5. The van der Waals surface area contributed by atoms with Crippen molar-refractivity contribution in [1.29, 1.82) is 0 Å². The predicted octanol–water partition coefficient (Wildman–Crippen LogP) is 0.582. The number of rotatable bonds is 3. The SMILES string of the molecule is COc1nc(C)ccc1[C@H]1C[C@H](O)[C@@H](CO)O1. The third kappa shape index (κ3) is 2.41. The molecule has 0 spiro atoms. The van der Waals surface area contributed by atoms with Crippen molar-refractivity contribution in [2.24, 2.45) is 0 Å². The van der Waals surface area contributed by atoms with E-state index in [4.69, 9.17) is 14.6 Å². The van der Waals surface area contributed by atoms with Gasteiger partial charge in [-0.2, -0.15) is 0 Å². The summed E-state index contributed by atoms with van der Waals surface area (Å²) in [5.41, 5.74) is 1.68. The number of pyridine rings is 1. The zero-order valence-corrected chi connectivity index (χ0v) is 9.96. The topological polar surface area (TPSA) is 71.8 Å². The summed E-state index contributed by atoms with van der Waals surface area (Å²) in [5.74, 6) is 0.515. The largest absolute Gasteiger partial charge is 0.481 e. The molecule has 3 atom stereocenters. The summed E-state index contributed by atoms with van der Waals surface area (Å²) >= 11 is 0. The Hall–Kier alpha value is -1.17. The molecule has 1 aromatic heterocycles. The average Bonchev–Trinajstić information content (AvgIpc) is 2.70. The number of aliphatic hydroxyl groups excluding tert-OH is 2. The van der Waals surface area contributed by atoms with Crippen molar-refractivity contribution in [3.8, 4) is 5.88 Å². The van der Waals surface area contributed by atoms with E-state index in [-0.39, 0.29) is 12.7 Å². The van der Waals surface area contributed by atoms with Crippen molar-refractivity contribution in [3.05, 3.63) is 23.4 Å². The molecule has 0 amide bonds. The summed E-state index contributed by atoms with van der Waals surface area (Å²) in [5, 5.41) is 18.7. The molecule has 0 aliphatic carbocycles. The fraction of sp³-hybridized carbons (Fsp3) is 0.583. The van der Waals surface area contributed by atoms with E-state index in [1.807, 2.05) is 19.1 Å². The van der Waals surface area contributed by atoms with Crippen molar-refractivity contribution in [2.75, 3.05) is 13.7 Å². The Kier molecular flexibility index (Phi) is 3.61. The van der Waals surface area contributed by atoms with Gasteiger partial charge in [0.05, 0.1) is 25.9 Å². The molecule has 1 fully saturated rings. The molecule has 5 heteroatoms. The molecule has 1 aliphatic heterocycles. The van der Waals surface area contributed by atoms with Gasteiger partial charge in [0.25, 0.3) is 0 Å². The van der Waals surface area contributed by atoms with Crippen LogP contribution in [0.3, 0.4) is 0 Å². The van der Waals surface area contributed by atoms with Gasteiger partial charge in [0, 0.05) is 17.7 Å². The number of aryl methyl sites for hydroxylation is 1. The van der Waals surface area contributed by atoms with Crippen LogP contribution in [0.25, 0.3) is 0 Å². The fourth-order valence-corrected chi connectivity index (χ4v) is 2.05. The summed E-state index contributed by atoms with van der Waals surface area (Å²) in [6, 6.07) is 3.76. The molecule has 0 radical (unpaired) electrons. The van der Waals surface area contributed by atoms with Gasteiger partial charge >= 0.3 is 0 Å². The molecule has 1 aromatic rings. The first kappa shape index (κ1) is 12.3. The highest BCUT2D eigenvalue weighted by Crippen LogP contribution is 2.36. The molecule has 1 saturated heterocycles. The minimum Gasteiger partial charge on any atom is -0.481 e. The van der Waals surface area contributed by atoms with E-state index in [0.29, 0.717) is 12.3 Å². The van der Waals surface area contributed by atoms with Gasteiger partial charge < -0.3 is 19.7 Å². The molecule has 2 rings (SSSR count). The molecular formula is C12H17NO4. The van der Waals surface area contributed by atoms with Gasteiger partial charge in [-0.05, 0) is 19.1 Å². The normalized spacial score (nSPS) is 28.4. The summed E-state index contributed by atoms with van der Waals surface area (Å²) in [7, 11) is 1.56. The van der Waals surface area contributed by atoms with E-state index in [0.717, 1.165) is 11.3 Å². The van der Waals surface area contributed by atoms with Gasteiger partial charge in [-0.25, -0.2) is 4.98 Å². The predicted molar refractivity (Wildman–Crippen MR) is 60.8 cm³/mol. The molecule has 5 nitrogen and oxygen atoms in total. The summed E-state index contributed by atoms with van der Waals surface area (Å²) < 4.78 is 10.8. The Morgan fingerprint density at radius 3 is 2.88 bits per heavy atom. The Morgan fingerprint density at radius 2 is 2.29 bits per heavy atom. The minimum atomic E-state index is -0.643. The molecular weight excluding hydrogens is 222 g/mol. The molecule has 0 saturated carbocycles. The van der Waals surface area contributed by atoms with Crippen LogP contribution in [0.4, 0.5) is 0 Å². The molecule has 2 N–H and O–H groups in total. The first-order valence-electron chi connectivity index (χ1n) is 5.61. The zero-order chi connectivity index (χ0) is 12.4. The van der Waals surface area contributed by atoms with Crippen LogP contribution in [0.1, 0.15) is 23.8 Å². The summed E-state index contributed by atoms with van der Waals surface area (Å²) in [4.78, 5) is 4.27. The van der Waals surface area contributed by atoms with Crippen molar-refractivity contribution >= 4 is 0 Å². The smallest absolute Gasteiger partial charge is 0.219 e. The number of methoxy groups -OCH3 is 1. The van der Waals surface area contributed by atoms with Gasteiger partial charge in [0.2, 0.25) is 5.88 Å².